The molecule has 2 unspecified atom stereocenters. The summed E-state index contributed by atoms with van der Waals surface area (Å²) in [6, 6.07) is 1.59. The monoisotopic (exact) mass is 211 g/mol. The van der Waals surface area contributed by atoms with Crippen LogP contribution in [0.2, 0.25) is 0 Å². The van der Waals surface area contributed by atoms with Gasteiger partial charge in [-0.15, -0.1) is 0 Å². The molecule has 0 aromatic carbocycles. The molecule has 0 saturated carbocycles. The van der Waals surface area contributed by atoms with E-state index in [-0.39, 0.29) is 0 Å². The third-order valence-corrected chi connectivity index (χ3v) is 3.99. The summed E-state index contributed by atoms with van der Waals surface area (Å²) in [5.74, 6) is 0. The van der Waals surface area contributed by atoms with Gasteiger partial charge < -0.3 is 10.6 Å². The van der Waals surface area contributed by atoms with Crippen LogP contribution in [0.1, 0.15) is 32.1 Å². The molecule has 88 valence electrons. The Morgan fingerprint density at radius 2 is 2.07 bits per heavy atom. The van der Waals surface area contributed by atoms with Crippen LogP contribution in [-0.4, -0.2) is 55.1 Å². The number of likely N-dealkylation sites (N-methyl/N-ethyl adjacent to an activating group) is 1. The van der Waals surface area contributed by atoms with Crippen molar-refractivity contribution in [2.24, 2.45) is 5.73 Å². The van der Waals surface area contributed by atoms with Crippen molar-refractivity contribution in [2.45, 2.75) is 44.2 Å². The first-order valence-corrected chi connectivity index (χ1v) is 6.45. The highest BCUT2D eigenvalue weighted by atomic mass is 15.3. The maximum atomic E-state index is 5.71. The highest BCUT2D eigenvalue weighted by Crippen LogP contribution is 2.26. The number of hydrogen-bond donors (Lipinski definition) is 1. The van der Waals surface area contributed by atoms with Gasteiger partial charge in [0.25, 0.3) is 0 Å². The smallest absolute Gasteiger partial charge is 0.0226 e. The fourth-order valence-corrected chi connectivity index (χ4v) is 3.26. The Bertz CT molecular complexity index is 193. The summed E-state index contributed by atoms with van der Waals surface area (Å²) in [7, 11) is 2.26. The van der Waals surface area contributed by atoms with Crippen molar-refractivity contribution in [3.8, 4) is 0 Å². The molecule has 0 aromatic rings. The molecule has 2 rings (SSSR count). The lowest BCUT2D eigenvalue weighted by atomic mass is 9.93. The molecule has 2 aliphatic heterocycles. The lowest BCUT2D eigenvalue weighted by Gasteiger charge is -2.41. The van der Waals surface area contributed by atoms with E-state index in [0.717, 1.165) is 18.6 Å². The number of rotatable bonds is 2. The van der Waals surface area contributed by atoms with Crippen molar-refractivity contribution in [2.75, 3.05) is 33.2 Å². The van der Waals surface area contributed by atoms with Gasteiger partial charge in [0.15, 0.2) is 0 Å². The second-order valence-corrected chi connectivity index (χ2v) is 5.17. The van der Waals surface area contributed by atoms with Crippen LogP contribution in [0.5, 0.6) is 0 Å². The largest absolute Gasteiger partial charge is 0.330 e. The van der Waals surface area contributed by atoms with Gasteiger partial charge in [-0.25, -0.2) is 0 Å². The first-order chi connectivity index (χ1) is 7.31. The third-order valence-electron chi connectivity index (χ3n) is 3.99. The molecular formula is C12H25N3. The molecule has 2 saturated heterocycles. The molecule has 15 heavy (non-hydrogen) atoms. The van der Waals surface area contributed by atoms with Crippen molar-refractivity contribution < 1.29 is 0 Å². The van der Waals surface area contributed by atoms with Crippen LogP contribution in [0.4, 0.5) is 0 Å². The van der Waals surface area contributed by atoms with Crippen molar-refractivity contribution in [3.63, 3.8) is 0 Å². The molecule has 3 nitrogen and oxygen atoms in total. The number of fused-ring (bicyclic) bond motifs is 1. The van der Waals surface area contributed by atoms with Gasteiger partial charge in [0.05, 0.1) is 0 Å². The van der Waals surface area contributed by atoms with Gasteiger partial charge in [-0.3, -0.25) is 4.90 Å². The van der Waals surface area contributed by atoms with Crippen LogP contribution in [0, 0.1) is 0 Å². The first kappa shape index (κ1) is 11.4. The van der Waals surface area contributed by atoms with Crippen LogP contribution in [0.3, 0.4) is 0 Å². The molecule has 2 N–H and O–H groups in total. The predicted octanol–water partition coefficient (Wildman–Crippen LogP) is 0.894. The van der Waals surface area contributed by atoms with E-state index < -0.39 is 0 Å². The van der Waals surface area contributed by atoms with Gasteiger partial charge in [0.2, 0.25) is 0 Å². The Morgan fingerprint density at radius 1 is 1.20 bits per heavy atom. The molecule has 0 amide bonds. The van der Waals surface area contributed by atoms with Crippen molar-refractivity contribution in [1.29, 1.82) is 0 Å². The van der Waals surface area contributed by atoms with Crippen molar-refractivity contribution >= 4 is 0 Å². The number of nitrogens with zero attached hydrogens (tertiary/aromatic N) is 2. The average Bonchev–Trinajstić information content (AvgIpc) is 2.40. The maximum Gasteiger partial charge on any atom is 0.0226 e. The van der Waals surface area contributed by atoms with Crippen LogP contribution >= 0.6 is 0 Å². The first-order valence-electron chi connectivity index (χ1n) is 6.45. The zero-order chi connectivity index (χ0) is 10.7. The summed E-state index contributed by atoms with van der Waals surface area (Å²) in [6.45, 7) is 4.67. The Balaban J connectivity index is 1.99. The minimum Gasteiger partial charge on any atom is -0.330 e. The quantitative estimate of drug-likeness (QED) is 0.736. The van der Waals surface area contributed by atoms with Crippen molar-refractivity contribution in [1.82, 2.24) is 9.80 Å². The predicted molar refractivity (Wildman–Crippen MR) is 63.9 cm³/mol. The molecule has 0 aliphatic carbocycles. The SMILES string of the molecule is CN1CCCN2C(CCN)CCCC2C1. The zero-order valence-corrected chi connectivity index (χ0v) is 9.99. The lowest BCUT2D eigenvalue weighted by molar-refractivity contribution is 0.0790. The minimum absolute atomic E-state index is 0.778. The van der Waals surface area contributed by atoms with E-state index >= 15 is 0 Å². The zero-order valence-electron chi connectivity index (χ0n) is 9.99. The van der Waals surface area contributed by atoms with Gasteiger partial charge in [-0.2, -0.15) is 0 Å². The fraction of sp³-hybridized carbons (Fsp3) is 1.00. The van der Waals surface area contributed by atoms with Gasteiger partial charge in [0.1, 0.15) is 0 Å². The normalized spacial score (nSPS) is 34.8. The third kappa shape index (κ3) is 2.71. The lowest BCUT2D eigenvalue weighted by Crippen LogP contribution is -2.49. The summed E-state index contributed by atoms with van der Waals surface area (Å²) >= 11 is 0. The second kappa shape index (κ2) is 5.28. The van der Waals surface area contributed by atoms with Crippen LogP contribution < -0.4 is 5.73 Å². The van der Waals surface area contributed by atoms with E-state index in [1.54, 1.807) is 0 Å². The van der Waals surface area contributed by atoms with Crippen LogP contribution in [-0.2, 0) is 0 Å². The molecule has 2 fully saturated rings. The van der Waals surface area contributed by atoms with E-state index in [1.165, 1.54) is 51.7 Å². The van der Waals surface area contributed by atoms with E-state index in [4.69, 9.17) is 5.73 Å². The molecule has 2 aliphatic rings. The number of hydrogen-bond acceptors (Lipinski definition) is 3. The Morgan fingerprint density at radius 3 is 2.87 bits per heavy atom. The highest BCUT2D eigenvalue weighted by molar-refractivity contribution is 4.88. The van der Waals surface area contributed by atoms with E-state index in [0.29, 0.717) is 0 Å². The summed E-state index contributed by atoms with van der Waals surface area (Å²) in [6.07, 6.45) is 6.69. The molecular weight excluding hydrogens is 186 g/mol. The molecule has 0 bridgehead atoms. The summed E-state index contributed by atoms with van der Waals surface area (Å²) in [5, 5.41) is 0. The molecule has 0 aromatic heterocycles. The topological polar surface area (TPSA) is 32.5 Å². The van der Waals surface area contributed by atoms with Crippen LogP contribution in [0.15, 0.2) is 0 Å². The summed E-state index contributed by atoms with van der Waals surface area (Å²) in [4.78, 5) is 5.25. The Labute approximate surface area is 93.6 Å². The Kier molecular flexibility index (Phi) is 4.00. The Hall–Kier alpha value is -0.120. The van der Waals surface area contributed by atoms with E-state index in [1.807, 2.05) is 0 Å². The molecule has 0 spiro atoms. The average molecular weight is 211 g/mol. The molecule has 2 atom stereocenters. The summed E-state index contributed by atoms with van der Waals surface area (Å²) < 4.78 is 0. The highest BCUT2D eigenvalue weighted by Gasteiger charge is 2.31. The van der Waals surface area contributed by atoms with E-state index in [2.05, 4.69) is 16.8 Å². The standard InChI is InChI=1S/C12H25N3/c1-14-8-3-9-15-11(6-7-13)4-2-5-12(15)10-14/h11-12H,2-10,13H2,1H3. The molecule has 3 heteroatoms. The second-order valence-electron chi connectivity index (χ2n) is 5.17. The van der Waals surface area contributed by atoms with Gasteiger partial charge in [-0.1, -0.05) is 6.42 Å². The van der Waals surface area contributed by atoms with E-state index in [9.17, 15) is 0 Å². The molecule has 2 heterocycles. The maximum absolute atomic E-state index is 5.71. The molecule has 0 radical (unpaired) electrons. The summed E-state index contributed by atoms with van der Waals surface area (Å²) in [5.41, 5.74) is 5.71. The minimum atomic E-state index is 0.778. The number of nitrogens with two attached hydrogens (primary N) is 1. The van der Waals surface area contributed by atoms with Crippen LogP contribution in [0.25, 0.3) is 0 Å². The fourth-order valence-electron chi connectivity index (χ4n) is 3.26. The van der Waals surface area contributed by atoms with Gasteiger partial charge >= 0.3 is 0 Å². The van der Waals surface area contributed by atoms with Gasteiger partial charge in [0, 0.05) is 18.6 Å². The number of piperidine rings is 1. The van der Waals surface area contributed by atoms with Gasteiger partial charge in [-0.05, 0) is 52.4 Å². The van der Waals surface area contributed by atoms with Crippen molar-refractivity contribution in [3.05, 3.63) is 0 Å².